The molecular weight excluding hydrogens is 339 g/mol. The van der Waals surface area contributed by atoms with E-state index < -0.39 is 16.0 Å². The fraction of sp³-hybridized carbons (Fsp3) is 0.214. The van der Waals surface area contributed by atoms with Crippen LogP contribution in [0.4, 0.5) is 3.89 Å². The Bertz CT molecular complexity index is 942. The number of hydrogen-bond donors (Lipinski definition) is 0. The Labute approximate surface area is 137 Å². The van der Waals surface area contributed by atoms with Gasteiger partial charge >= 0.3 is 10.2 Å². The number of rotatable bonds is 5. The maximum Gasteiger partial charge on any atom is 0.303 e. The smallest absolute Gasteiger partial charge is 0.226 e. The quantitative estimate of drug-likeness (QED) is 0.399. The maximum atomic E-state index is 12.6. The summed E-state index contributed by atoms with van der Waals surface area (Å²) >= 11 is 1.18. The number of benzene rings is 1. The molecule has 0 radical (unpaired) electrons. The summed E-state index contributed by atoms with van der Waals surface area (Å²) in [6.07, 6.45) is 1.63. The number of para-hydroxylation sites is 1. The first-order chi connectivity index (χ1) is 10.9. The van der Waals surface area contributed by atoms with Gasteiger partial charge in [-0.2, -0.15) is 13.5 Å². The average Bonchev–Trinajstić information content (AvgIpc) is 2.90. The topological polar surface area (TPSA) is 77.7 Å². The van der Waals surface area contributed by atoms with E-state index in [0.29, 0.717) is 21.9 Å². The van der Waals surface area contributed by atoms with Crippen LogP contribution in [0.25, 0.3) is 16.7 Å². The van der Waals surface area contributed by atoms with Crippen LogP contribution in [0.3, 0.4) is 0 Å². The molecule has 1 aromatic carbocycles. The number of halogens is 1. The van der Waals surface area contributed by atoms with Crippen LogP contribution in [0.15, 0.2) is 41.6 Å². The van der Waals surface area contributed by atoms with Crippen molar-refractivity contribution in [3.05, 3.63) is 42.4 Å². The van der Waals surface area contributed by atoms with Crippen molar-refractivity contribution in [2.45, 2.75) is 11.9 Å². The van der Waals surface area contributed by atoms with E-state index in [-0.39, 0.29) is 5.75 Å². The number of thioether (sulfide) groups is 1. The van der Waals surface area contributed by atoms with Crippen molar-refractivity contribution in [1.82, 2.24) is 19.7 Å². The van der Waals surface area contributed by atoms with Crippen molar-refractivity contribution >= 4 is 33.0 Å². The summed E-state index contributed by atoms with van der Waals surface area (Å²) < 4.78 is 35.5. The van der Waals surface area contributed by atoms with E-state index in [1.54, 1.807) is 17.8 Å². The largest absolute Gasteiger partial charge is 0.303 e. The van der Waals surface area contributed by atoms with Gasteiger partial charge in [-0.1, -0.05) is 18.2 Å². The molecular formula is C14H13FN4O2S2. The van der Waals surface area contributed by atoms with Gasteiger partial charge in [0.25, 0.3) is 0 Å². The number of fused-ring (bicyclic) bond motifs is 1. The first-order valence-electron chi connectivity index (χ1n) is 6.77. The molecule has 9 heteroatoms. The van der Waals surface area contributed by atoms with Crippen LogP contribution in [0.5, 0.6) is 0 Å². The van der Waals surface area contributed by atoms with Crippen molar-refractivity contribution < 1.29 is 12.3 Å². The standard InChI is InChI=1S/C14H13FN4O2S2/c1-10-17-13-12(14(18-10)22-7-8-23(15,20)21)9-16-19(13)11-5-3-2-4-6-11/h2-6,9H,7-8H2,1H3. The summed E-state index contributed by atoms with van der Waals surface area (Å²) in [6, 6.07) is 9.53. The first kappa shape index (κ1) is 15.9. The van der Waals surface area contributed by atoms with Crippen LogP contribution >= 0.6 is 11.8 Å². The van der Waals surface area contributed by atoms with Gasteiger partial charge in [-0.05, 0) is 19.1 Å². The van der Waals surface area contributed by atoms with E-state index >= 15 is 0 Å². The predicted octanol–water partition coefficient (Wildman–Crippen LogP) is 2.52. The lowest BCUT2D eigenvalue weighted by molar-refractivity contribution is 0.554. The Morgan fingerprint density at radius 3 is 2.65 bits per heavy atom. The molecule has 3 aromatic rings. The summed E-state index contributed by atoms with van der Waals surface area (Å²) in [7, 11) is -4.48. The van der Waals surface area contributed by atoms with Crippen molar-refractivity contribution in [3.63, 3.8) is 0 Å². The van der Waals surface area contributed by atoms with Gasteiger partial charge in [0.2, 0.25) is 0 Å². The van der Waals surface area contributed by atoms with E-state index in [1.807, 2.05) is 30.3 Å². The molecule has 0 fully saturated rings. The molecule has 0 aliphatic carbocycles. The predicted molar refractivity (Wildman–Crippen MR) is 87.0 cm³/mol. The van der Waals surface area contributed by atoms with E-state index in [9.17, 15) is 12.3 Å². The van der Waals surface area contributed by atoms with E-state index in [0.717, 1.165) is 5.69 Å². The highest BCUT2D eigenvalue weighted by atomic mass is 32.3. The molecule has 23 heavy (non-hydrogen) atoms. The third-order valence-corrected chi connectivity index (χ3v) is 5.02. The minimum absolute atomic E-state index is 0.0842. The van der Waals surface area contributed by atoms with Gasteiger partial charge in [-0.3, -0.25) is 0 Å². The van der Waals surface area contributed by atoms with Gasteiger partial charge in [-0.15, -0.1) is 15.6 Å². The average molecular weight is 352 g/mol. The summed E-state index contributed by atoms with van der Waals surface area (Å²) in [5.41, 5.74) is 1.50. The molecule has 0 atom stereocenters. The zero-order valence-corrected chi connectivity index (χ0v) is 13.8. The van der Waals surface area contributed by atoms with Crippen LogP contribution in [-0.2, 0) is 10.2 Å². The molecule has 0 bridgehead atoms. The molecule has 120 valence electrons. The normalized spacial score (nSPS) is 11.9. The maximum absolute atomic E-state index is 12.6. The van der Waals surface area contributed by atoms with Crippen molar-refractivity contribution in [2.75, 3.05) is 11.5 Å². The number of nitrogens with zero attached hydrogens (tertiary/aromatic N) is 4. The Hall–Kier alpha value is -2.00. The van der Waals surface area contributed by atoms with Gasteiger partial charge in [0, 0.05) is 5.75 Å². The SMILES string of the molecule is Cc1nc(SCCS(=O)(=O)F)c2cnn(-c3ccccc3)c2n1. The molecule has 3 rings (SSSR count). The van der Waals surface area contributed by atoms with Crippen molar-refractivity contribution in [2.24, 2.45) is 0 Å². The second kappa shape index (κ2) is 6.25. The van der Waals surface area contributed by atoms with E-state index in [1.165, 1.54) is 11.8 Å². The monoisotopic (exact) mass is 352 g/mol. The number of aryl methyl sites for hydroxylation is 1. The third-order valence-electron chi connectivity index (χ3n) is 3.07. The fourth-order valence-electron chi connectivity index (χ4n) is 2.09. The van der Waals surface area contributed by atoms with E-state index in [2.05, 4.69) is 15.1 Å². The molecule has 0 aliphatic heterocycles. The summed E-state index contributed by atoms with van der Waals surface area (Å²) in [6.45, 7) is 1.75. The third kappa shape index (κ3) is 3.67. The van der Waals surface area contributed by atoms with Crippen molar-refractivity contribution in [3.8, 4) is 5.69 Å². The summed E-state index contributed by atoms with van der Waals surface area (Å²) in [5.74, 6) is 0.0800. The fourth-order valence-corrected chi connectivity index (χ4v) is 3.91. The van der Waals surface area contributed by atoms with Gasteiger partial charge in [0.1, 0.15) is 10.9 Å². The zero-order valence-electron chi connectivity index (χ0n) is 12.2. The summed E-state index contributed by atoms with van der Waals surface area (Å²) in [5, 5.41) is 5.64. The van der Waals surface area contributed by atoms with Crippen LogP contribution < -0.4 is 0 Å². The summed E-state index contributed by atoms with van der Waals surface area (Å²) in [4.78, 5) is 8.72. The molecule has 2 aromatic heterocycles. The molecule has 0 unspecified atom stereocenters. The minimum Gasteiger partial charge on any atom is -0.226 e. The molecule has 6 nitrogen and oxygen atoms in total. The lowest BCUT2D eigenvalue weighted by Gasteiger charge is -2.05. The minimum atomic E-state index is -4.48. The lowest BCUT2D eigenvalue weighted by Crippen LogP contribution is -2.02. The highest BCUT2D eigenvalue weighted by Crippen LogP contribution is 2.26. The highest BCUT2D eigenvalue weighted by molar-refractivity contribution is 8.00. The molecule has 0 aliphatic rings. The Balaban J connectivity index is 1.99. The first-order valence-corrected chi connectivity index (χ1v) is 9.31. The van der Waals surface area contributed by atoms with E-state index in [4.69, 9.17) is 0 Å². The van der Waals surface area contributed by atoms with Gasteiger partial charge in [-0.25, -0.2) is 14.6 Å². The number of aromatic nitrogens is 4. The Kier molecular flexibility index (Phi) is 4.31. The molecule has 0 spiro atoms. The Morgan fingerprint density at radius 2 is 1.96 bits per heavy atom. The zero-order chi connectivity index (χ0) is 16.4. The van der Waals surface area contributed by atoms with Crippen LogP contribution in [0.1, 0.15) is 5.82 Å². The van der Waals surface area contributed by atoms with Crippen LogP contribution in [-0.4, -0.2) is 39.7 Å². The highest BCUT2D eigenvalue weighted by Gasteiger charge is 2.14. The van der Waals surface area contributed by atoms with Crippen LogP contribution in [0, 0.1) is 6.92 Å². The van der Waals surface area contributed by atoms with Gasteiger partial charge in [0.05, 0.1) is 23.0 Å². The van der Waals surface area contributed by atoms with Gasteiger partial charge < -0.3 is 0 Å². The molecule has 0 saturated heterocycles. The second-order valence-corrected chi connectivity index (χ2v) is 7.37. The lowest BCUT2D eigenvalue weighted by atomic mass is 10.3. The second-order valence-electron chi connectivity index (χ2n) is 4.80. The molecule has 0 saturated carbocycles. The Morgan fingerprint density at radius 1 is 1.22 bits per heavy atom. The number of hydrogen-bond acceptors (Lipinski definition) is 6. The molecule has 2 heterocycles. The molecule has 0 amide bonds. The van der Waals surface area contributed by atoms with Crippen LogP contribution in [0.2, 0.25) is 0 Å². The molecule has 0 N–H and O–H groups in total. The van der Waals surface area contributed by atoms with Crippen molar-refractivity contribution in [1.29, 1.82) is 0 Å². The van der Waals surface area contributed by atoms with Gasteiger partial charge in [0.15, 0.2) is 5.65 Å².